The number of hydrogen-bond acceptors (Lipinski definition) is 4. The van der Waals surface area contributed by atoms with Crippen LogP contribution in [0, 0.1) is 5.82 Å². The van der Waals surface area contributed by atoms with Crippen LogP contribution in [0.3, 0.4) is 0 Å². The maximum Gasteiger partial charge on any atom is 0.229 e. The van der Waals surface area contributed by atoms with Crippen LogP contribution in [0.4, 0.5) is 4.39 Å². The molecule has 6 heteroatoms. The molecule has 0 saturated heterocycles. The number of carbonyl (C=O) groups excluding carboxylic acids is 1. The number of ether oxygens (including phenoxy) is 2. The summed E-state index contributed by atoms with van der Waals surface area (Å²) < 4.78 is 24.1. The third kappa shape index (κ3) is 4.31. The van der Waals surface area contributed by atoms with Crippen LogP contribution < -0.4 is 14.8 Å². The number of nitrogens with one attached hydrogen (secondary N) is 1. The van der Waals surface area contributed by atoms with Gasteiger partial charge in [0.2, 0.25) is 3.79 Å². The largest absolute Gasteiger partial charge is 0.490 e. The molecule has 19 heavy (non-hydrogen) atoms. The highest BCUT2D eigenvalue weighted by molar-refractivity contribution is 14.1. The van der Waals surface area contributed by atoms with Gasteiger partial charge in [-0.2, -0.15) is 0 Å². The zero-order chi connectivity index (χ0) is 13.8. The summed E-state index contributed by atoms with van der Waals surface area (Å²) in [5.41, 5.74) is 0. The Bertz CT molecular complexity index is 463. The van der Waals surface area contributed by atoms with Crippen molar-refractivity contribution in [2.45, 2.75) is 25.0 Å². The zero-order valence-electron chi connectivity index (χ0n) is 10.5. The quantitative estimate of drug-likeness (QED) is 0.609. The predicted molar refractivity (Wildman–Crippen MR) is 77.4 cm³/mol. The number of carbonyl (C=O) groups is 1. The molecule has 0 spiro atoms. The molecule has 1 aromatic rings. The third-order valence-electron chi connectivity index (χ3n) is 3.00. The predicted octanol–water partition coefficient (Wildman–Crippen LogP) is 2.30. The van der Waals surface area contributed by atoms with E-state index in [2.05, 4.69) is 5.32 Å². The van der Waals surface area contributed by atoms with E-state index in [4.69, 9.17) is 9.47 Å². The SMILES string of the molecule is CN[C@H]1C[C@@H](Oc2cc(F)cc(OCC(=O)I)c2)C1. The molecule has 0 unspecified atom stereocenters. The molecule has 0 radical (unpaired) electrons. The number of hydrogen-bond donors (Lipinski definition) is 1. The van der Waals surface area contributed by atoms with E-state index >= 15 is 0 Å². The van der Waals surface area contributed by atoms with Crippen molar-refractivity contribution in [1.29, 1.82) is 0 Å². The molecular formula is C13H15FINO3. The molecule has 2 rings (SSSR count). The Morgan fingerprint density at radius 2 is 2.11 bits per heavy atom. The zero-order valence-corrected chi connectivity index (χ0v) is 12.6. The van der Waals surface area contributed by atoms with Crippen molar-refractivity contribution in [3.8, 4) is 11.5 Å². The Morgan fingerprint density at radius 1 is 1.42 bits per heavy atom. The van der Waals surface area contributed by atoms with Gasteiger partial charge in [0.05, 0.1) is 0 Å². The second kappa shape index (κ2) is 6.51. The van der Waals surface area contributed by atoms with Crippen LogP contribution in [0.5, 0.6) is 11.5 Å². The van der Waals surface area contributed by atoms with Crippen LogP contribution in [0.25, 0.3) is 0 Å². The Kier molecular flexibility index (Phi) is 4.98. The summed E-state index contributed by atoms with van der Waals surface area (Å²) in [6.07, 6.45) is 1.93. The van der Waals surface area contributed by atoms with Crippen LogP contribution in [0.1, 0.15) is 12.8 Å². The average molecular weight is 379 g/mol. The maximum absolute atomic E-state index is 13.4. The summed E-state index contributed by atoms with van der Waals surface area (Å²) in [4.78, 5) is 10.8. The Hall–Kier alpha value is -0.890. The lowest BCUT2D eigenvalue weighted by Gasteiger charge is -2.35. The fourth-order valence-corrected chi connectivity index (χ4v) is 2.07. The van der Waals surface area contributed by atoms with Gasteiger partial charge in [-0.05, 0) is 19.9 Å². The molecule has 0 aliphatic heterocycles. The Morgan fingerprint density at radius 3 is 2.74 bits per heavy atom. The van der Waals surface area contributed by atoms with Gasteiger partial charge >= 0.3 is 0 Å². The first-order valence-electron chi connectivity index (χ1n) is 6.02. The van der Waals surface area contributed by atoms with E-state index in [1.807, 2.05) is 7.05 Å². The number of halogens is 2. The van der Waals surface area contributed by atoms with Crippen molar-refractivity contribution >= 4 is 26.4 Å². The van der Waals surface area contributed by atoms with Gasteiger partial charge in [-0.3, -0.25) is 4.79 Å². The maximum atomic E-state index is 13.4. The lowest BCUT2D eigenvalue weighted by Crippen LogP contribution is -2.45. The van der Waals surface area contributed by atoms with E-state index in [0.717, 1.165) is 12.8 Å². The van der Waals surface area contributed by atoms with Gasteiger partial charge in [0.25, 0.3) is 0 Å². The van der Waals surface area contributed by atoms with E-state index in [0.29, 0.717) is 17.5 Å². The van der Waals surface area contributed by atoms with E-state index in [-0.39, 0.29) is 16.5 Å². The highest BCUT2D eigenvalue weighted by atomic mass is 127. The fourth-order valence-electron chi connectivity index (χ4n) is 1.92. The van der Waals surface area contributed by atoms with Gasteiger partial charge in [0.1, 0.15) is 23.4 Å². The van der Waals surface area contributed by atoms with Crippen LogP contribution in [0.2, 0.25) is 0 Å². The molecule has 1 aromatic carbocycles. The van der Waals surface area contributed by atoms with Gasteiger partial charge in [-0.1, -0.05) is 0 Å². The van der Waals surface area contributed by atoms with Gasteiger partial charge < -0.3 is 14.8 Å². The van der Waals surface area contributed by atoms with E-state index < -0.39 is 5.82 Å². The van der Waals surface area contributed by atoms with Gasteiger partial charge in [-0.25, -0.2) is 4.39 Å². The molecule has 1 fully saturated rings. The molecule has 0 atom stereocenters. The lowest BCUT2D eigenvalue weighted by molar-refractivity contribution is -0.111. The van der Waals surface area contributed by atoms with Gasteiger partial charge in [0, 0.05) is 46.8 Å². The minimum Gasteiger partial charge on any atom is -0.490 e. The van der Waals surface area contributed by atoms with E-state index in [1.54, 1.807) is 28.7 Å². The monoisotopic (exact) mass is 379 g/mol. The first-order valence-corrected chi connectivity index (χ1v) is 7.10. The van der Waals surface area contributed by atoms with Crippen molar-refractivity contribution in [3.63, 3.8) is 0 Å². The summed E-state index contributed by atoms with van der Waals surface area (Å²) in [7, 11) is 1.91. The fraction of sp³-hybridized carbons (Fsp3) is 0.462. The highest BCUT2D eigenvalue weighted by Crippen LogP contribution is 2.29. The first-order chi connectivity index (χ1) is 9.06. The summed E-state index contributed by atoms with van der Waals surface area (Å²) >= 11 is 1.63. The smallest absolute Gasteiger partial charge is 0.229 e. The van der Waals surface area contributed by atoms with Crippen LogP contribution >= 0.6 is 22.6 Å². The topological polar surface area (TPSA) is 47.6 Å². The van der Waals surface area contributed by atoms with Crippen LogP contribution in [0.15, 0.2) is 18.2 Å². The normalized spacial score (nSPS) is 21.6. The molecule has 1 aliphatic rings. The van der Waals surface area contributed by atoms with Gasteiger partial charge in [0.15, 0.2) is 6.61 Å². The third-order valence-corrected chi connectivity index (χ3v) is 3.31. The van der Waals surface area contributed by atoms with Crippen molar-refractivity contribution in [2.24, 2.45) is 0 Å². The molecule has 0 amide bonds. The number of benzene rings is 1. The first kappa shape index (κ1) is 14.5. The second-order valence-corrected chi connectivity index (χ2v) is 5.67. The minimum atomic E-state index is -0.433. The highest BCUT2D eigenvalue weighted by Gasteiger charge is 2.29. The van der Waals surface area contributed by atoms with Gasteiger partial charge in [-0.15, -0.1) is 0 Å². The summed E-state index contributed by atoms with van der Waals surface area (Å²) in [6, 6.07) is 4.65. The Labute approximate surface area is 124 Å². The van der Waals surface area contributed by atoms with Crippen molar-refractivity contribution in [1.82, 2.24) is 5.32 Å². The molecule has 0 aromatic heterocycles. The molecule has 1 aliphatic carbocycles. The molecule has 1 saturated carbocycles. The van der Waals surface area contributed by atoms with E-state index in [9.17, 15) is 9.18 Å². The summed E-state index contributed by atoms with van der Waals surface area (Å²) in [5.74, 6) is 0.317. The van der Waals surface area contributed by atoms with Crippen molar-refractivity contribution in [3.05, 3.63) is 24.0 Å². The molecule has 0 heterocycles. The average Bonchev–Trinajstić information content (AvgIpc) is 2.30. The lowest BCUT2D eigenvalue weighted by atomic mass is 9.89. The minimum absolute atomic E-state index is 0.0747. The van der Waals surface area contributed by atoms with Crippen LogP contribution in [-0.4, -0.2) is 29.6 Å². The molecule has 4 nitrogen and oxygen atoms in total. The van der Waals surface area contributed by atoms with Crippen LogP contribution in [-0.2, 0) is 4.79 Å². The second-order valence-electron chi connectivity index (χ2n) is 4.46. The van der Waals surface area contributed by atoms with Crippen molar-refractivity contribution in [2.75, 3.05) is 13.7 Å². The Balaban J connectivity index is 1.95. The molecule has 1 N–H and O–H groups in total. The van der Waals surface area contributed by atoms with Crippen molar-refractivity contribution < 1.29 is 18.7 Å². The number of rotatable bonds is 6. The standard InChI is InChI=1S/C13H15FINO3/c1-16-9-4-12(5-9)19-11-3-8(14)2-10(6-11)18-7-13(15)17/h2-3,6,9,12,16H,4-5,7H2,1H3/t9-,12+. The molecular weight excluding hydrogens is 364 g/mol. The summed E-state index contributed by atoms with van der Waals surface area (Å²) in [5, 5.41) is 3.16. The molecule has 0 bridgehead atoms. The summed E-state index contributed by atoms with van der Waals surface area (Å²) in [6.45, 7) is -0.0747. The molecule has 104 valence electrons. The van der Waals surface area contributed by atoms with E-state index in [1.165, 1.54) is 12.1 Å².